The molecular formula is C28H24FN5O3. The highest BCUT2D eigenvalue weighted by Gasteiger charge is 2.17. The lowest BCUT2D eigenvalue weighted by atomic mass is 10.1. The van der Waals surface area contributed by atoms with E-state index in [0.29, 0.717) is 39.6 Å². The summed E-state index contributed by atoms with van der Waals surface area (Å²) >= 11 is 0. The Kier molecular flexibility index (Phi) is 7.91. The van der Waals surface area contributed by atoms with Crippen molar-refractivity contribution in [3.8, 4) is 28.8 Å². The van der Waals surface area contributed by atoms with Crippen molar-refractivity contribution in [1.29, 1.82) is 5.26 Å². The molecule has 2 aromatic heterocycles. The second kappa shape index (κ2) is 11.6. The Bertz CT molecular complexity index is 1470. The molecule has 9 heteroatoms. The number of benzene rings is 2. The number of nitrogens with one attached hydrogen (secondary N) is 1. The maximum Gasteiger partial charge on any atom is 0.262 e. The van der Waals surface area contributed by atoms with Gasteiger partial charge in [-0.15, -0.1) is 0 Å². The van der Waals surface area contributed by atoms with Crippen LogP contribution in [0.3, 0.4) is 0 Å². The van der Waals surface area contributed by atoms with Crippen molar-refractivity contribution >= 4 is 12.0 Å². The van der Waals surface area contributed by atoms with Crippen LogP contribution in [0.15, 0.2) is 78.6 Å². The molecule has 4 rings (SSSR count). The number of nitriles is 1. The van der Waals surface area contributed by atoms with Crippen LogP contribution in [-0.2, 0) is 17.9 Å². The standard InChI is InChI=1S/C28H24FN5O3/c1-36-25-11-10-19(14-26(25)37-2)27-22(18-34(33-27)17-20-7-3-4-9-24(20)29)13-21(15-30)28(35)32-16-23-8-5-6-12-31-23/h3-14,18H,16-17H2,1-2H3,(H,32,35). The summed E-state index contributed by atoms with van der Waals surface area (Å²) < 4.78 is 26.6. The van der Waals surface area contributed by atoms with Gasteiger partial charge < -0.3 is 14.8 Å². The van der Waals surface area contributed by atoms with Gasteiger partial charge in [-0.25, -0.2) is 4.39 Å². The summed E-state index contributed by atoms with van der Waals surface area (Å²) in [5.74, 6) is 0.135. The molecule has 2 aromatic carbocycles. The number of pyridine rings is 1. The Morgan fingerprint density at radius 3 is 2.59 bits per heavy atom. The number of nitrogens with zero attached hydrogens (tertiary/aromatic N) is 4. The Morgan fingerprint density at radius 2 is 1.89 bits per heavy atom. The summed E-state index contributed by atoms with van der Waals surface area (Å²) in [5.41, 5.74) is 2.67. The highest BCUT2D eigenvalue weighted by molar-refractivity contribution is 6.02. The maximum absolute atomic E-state index is 14.3. The maximum atomic E-state index is 14.3. The van der Waals surface area contributed by atoms with E-state index in [-0.39, 0.29) is 24.5 Å². The second-order valence-electron chi connectivity index (χ2n) is 7.97. The second-order valence-corrected chi connectivity index (χ2v) is 7.97. The average Bonchev–Trinajstić information content (AvgIpc) is 3.33. The SMILES string of the molecule is COc1ccc(-c2nn(Cc3ccccc3F)cc2C=C(C#N)C(=O)NCc2ccccn2)cc1OC. The molecule has 37 heavy (non-hydrogen) atoms. The molecule has 0 aliphatic carbocycles. The first-order valence-corrected chi connectivity index (χ1v) is 11.4. The highest BCUT2D eigenvalue weighted by Crippen LogP contribution is 2.33. The summed E-state index contributed by atoms with van der Waals surface area (Å²) in [7, 11) is 3.07. The van der Waals surface area contributed by atoms with Gasteiger partial charge in [-0.05, 0) is 42.5 Å². The lowest BCUT2D eigenvalue weighted by Crippen LogP contribution is -2.24. The smallest absolute Gasteiger partial charge is 0.262 e. The first kappa shape index (κ1) is 25.1. The first-order chi connectivity index (χ1) is 18.0. The van der Waals surface area contributed by atoms with Crippen molar-refractivity contribution in [2.45, 2.75) is 13.1 Å². The largest absolute Gasteiger partial charge is 0.493 e. The molecule has 2 heterocycles. The number of carbonyl (C=O) groups excluding carboxylic acids is 1. The minimum Gasteiger partial charge on any atom is -0.493 e. The van der Waals surface area contributed by atoms with Gasteiger partial charge >= 0.3 is 0 Å². The third kappa shape index (κ3) is 6.00. The minimum atomic E-state index is -0.548. The molecule has 0 saturated heterocycles. The molecule has 0 bridgehead atoms. The van der Waals surface area contributed by atoms with E-state index >= 15 is 0 Å². The Balaban J connectivity index is 1.71. The summed E-state index contributed by atoms with van der Waals surface area (Å²) in [6, 6.07) is 19.0. The molecular weight excluding hydrogens is 473 g/mol. The number of ether oxygens (including phenoxy) is 2. The fourth-order valence-corrected chi connectivity index (χ4v) is 3.71. The zero-order valence-electron chi connectivity index (χ0n) is 20.3. The number of amides is 1. The van der Waals surface area contributed by atoms with Gasteiger partial charge in [-0.1, -0.05) is 24.3 Å². The lowest BCUT2D eigenvalue weighted by molar-refractivity contribution is -0.117. The van der Waals surface area contributed by atoms with Crippen LogP contribution in [-0.4, -0.2) is 34.9 Å². The van der Waals surface area contributed by atoms with Gasteiger partial charge in [0.25, 0.3) is 5.91 Å². The van der Waals surface area contributed by atoms with E-state index in [9.17, 15) is 14.4 Å². The molecule has 0 spiro atoms. The van der Waals surface area contributed by atoms with Gasteiger partial charge in [0.1, 0.15) is 17.5 Å². The van der Waals surface area contributed by atoms with E-state index in [1.165, 1.54) is 26.4 Å². The van der Waals surface area contributed by atoms with Gasteiger partial charge in [-0.3, -0.25) is 14.5 Å². The summed E-state index contributed by atoms with van der Waals surface area (Å²) in [5, 5.41) is 17.1. The van der Waals surface area contributed by atoms with Gasteiger partial charge in [0.05, 0.1) is 38.7 Å². The molecule has 0 aliphatic rings. The Morgan fingerprint density at radius 1 is 1.11 bits per heavy atom. The van der Waals surface area contributed by atoms with Crippen LogP contribution in [0.2, 0.25) is 0 Å². The zero-order chi connectivity index (χ0) is 26.2. The number of aromatic nitrogens is 3. The fraction of sp³-hybridized carbons (Fsp3) is 0.143. The van der Waals surface area contributed by atoms with Crippen LogP contribution in [0.4, 0.5) is 4.39 Å². The Hall–Kier alpha value is -4.97. The van der Waals surface area contributed by atoms with Crippen LogP contribution < -0.4 is 14.8 Å². The molecule has 4 aromatic rings. The van der Waals surface area contributed by atoms with E-state index in [4.69, 9.17) is 9.47 Å². The fourth-order valence-electron chi connectivity index (χ4n) is 3.71. The molecule has 0 saturated carbocycles. The number of hydrogen-bond acceptors (Lipinski definition) is 6. The molecule has 0 atom stereocenters. The Labute approximate surface area is 213 Å². The summed E-state index contributed by atoms with van der Waals surface area (Å²) in [6.45, 7) is 0.336. The van der Waals surface area contributed by atoms with Crippen LogP contribution in [0.1, 0.15) is 16.8 Å². The van der Waals surface area contributed by atoms with Crippen LogP contribution in [0.25, 0.3) is 17.3 Å². The van der Waals surface area contributed by atoms with E-state index in [1.807, 2.05) is 12.1 Å². The highest BCUT2D eigenvalue weighted by atomic mass is 19.1. The third-order valence-corrected chi connectivity index (χ3v) is 5.56. The third-order valence-electron chi connectivity index (χ3n) is 5.56. The van der Waals surface area contributed by atoms with Crippen molar-refractivity contribution in [2.75, 3.05) is 14.2 Å². The summed E-state index contributed by atoms with van der Waals surface area (Å²) in [4.78, 5) is 17.0. The van der Waals surface area contributed by atoms with E-state index in [0.717, 1.165) is 0 Å². The molecule has 1 amide bonds. The van der Waals surface area contributed by atoms with Crippen LogP contribution in [0.5, 0.6) is 11.5 Å². The van der Waals surface area contributed by atoms with Crippen molar-refractivity contribution in [2.24, 2.45) is 0 Å². The van der Waals surface area contributed by atoms with Crippen molar-refractivity contribution in [3.63, 3.8) is 0 Å². The van der Waals surface area contributed by atoms with Crippen LogP contribution in [0, 0.1) is 17.1 Å². The number of carbonyl (C=O) groups is 1. The quantitative estimate of drug-likeness (QED) is 0.272. The van der Waals surface area contributed by atoms with Gasteiger partial charge in [0.15, 0.2) is 11.5 Å². The molecule has 1 N–H and O–H groups in total. The predicted molar refractivity (Wildman–Crippen MR) is 136 cm³/mol. The molecule has 0 radical (unpaired) electrons. The van der Waals surface area contributed by atoms with E-state index < -0.39 is 5.91 Å². The molecule has 0 aliphatic heterocycles. The van der Waals surface area contributed by atoms with Crippen LogP contribution >= 0.6 is 0 Å². The number of rotatable bonds is 9. The normalized spacial score (nSPS) is 11.0. The number of halogens is 1. The number of hydrogen-bond donors (Lipinski definition) is 1. The lowest BCUT2D eigenvalue weighted by Gasteiger charge is -2.09. The van der Waals surface area contributed by atoms with E-state index in [2.05, 4.69) is 15.4 Å². The summed E-state index contributed by atoms with van der Waals surface area (Å²) in [6.07, 6.45) is 4.76. The van der Waals surface area contributed by atoms with Gasteiger partial charge in [-0.2, -0.15) is 10.4 Å². The van der Waals surface area contributed by atoms with Crippen molar-refractivity contribution < 1.29 is 18.7 Å². The predicted octanol–water partition coefficient (Wildman–Crippen LogP) is 4.37. The average molecular weight is 498 g/mol. The first-order valence-electron chi connectivity index (χ1n) is 11.4. The monoisotopic (exact) mass is 497 g/mol. The van der Waals surface area contributed by atoms with Crippen molar-refractivity contribution in [1.82, 2.24) is 20.1 Å². The molecule has 186 valence electrons. The van der Waals surface area contributed by atoms with E-state index in [1.54, 1.807) is 65.6 Å². The molecule has 0 unspecified atom stereocenters. The van der Waals surface area contributed by atoms with Gasteiger partial charge in [0.2, 0.25) is 0 Å². The topological polar surface area (TPSA) is 102 Å². The van der Waals surface area contributed by atoms with Crippen molar-refractivity contribution in [3.05, 3.63) is 101 Å². The van der Waals surface area contributed by atoms with Gasteiger partial charge in [0, 0.05) is 29.1 Å². The zero-order valence-corrected chi connectivity index (χ0v) is 20.3. The molecule has 8 nitrogen and oxygen atoms in total. The number of methoxy groups -OCH3 is 2. The molecule has 0 fully saturated rings. The minimum absolute atomic E-state index is 0.108.